The number of aliphatic hydroxyl groups is 1. The van der Waals surface area contributed by atoms with Gasteiger partial charge in [0.2, 0.25) is 0 Å². The van der Waals surface area contributed by atoms with E-state index in [1.54, 1.807) is 19.9 Å². The van der Waals surface area contributed by atoms with Crippen LogP contribution in [0.15, 0.2) is 18.2 Å². The molecule has 0 bridgehead atoms. The van der Waals surface area contributed by atoms with Crippen molar-refractivity contribution in [1.82, 2.24) is 0 Å². The summed E-state index contributed by atoms with van der Waals surface area (Å²) >= 11 is 5.71. The standard InChI is InChI=1S/C11H14ClFO2/c1-3-15-10-5-4-8(6-9(10)13)11(14)7(2)12/h4-7,11,14H,3H2,1-2H3. The van der Waals surface area contributed by atoms with Gasteiger partial charge in [0.05, 0.1) is 18.1 Å². The van der Waals surface area contributed by atoms with Crippen LogP contribution >= 0.6 is 11.6 Å². The summed E-state index contributed by atoms with van der Waals surface area (Å²) in [5.41, 5.74) is 0.457. The molecule has 0 saturated carbocycles. The molecule has 0 aliphatic carbocycles. The molecule has 0 aliphatic heterocycles. The van der Waals surface area contributed by atoms with Gasteiger partial charge in [-0.05, 0) is 31.5 Å². The summed E-state index contributed by atoms with van der Waals surface area (Å²) in [5.74, 6) is -0.290. The van der Waals surface area contributed by atoms with E-state index in [2.05, 4.69) is 0 Å². The topological polar surface area (TPSA) is 29.5 Å². The fourth-order valence-corrected chi connectivity index (χ4v) is 1.38. The molecule has 1 rings (SSSR count). The van der Waals surface area contributed by atoms with Gasteiger partial charge in [-0.3, -0.25) is 0 Å². The minimum absolute atomic E-state index is 0.190. The van der Waals surface area contributed by atoms with Crippen LogP contribution in [0.3, 0.4) is 0 Å². The largest absolute Gasteiger partial charge is 0.491 e. The van der Waals surface area contributed by atoms with Gasteiger partial charge in [0.25, 0.3) is 0 Å². The fraction of sp³-hybridized carbons (Fsp3) is 0.455. The maximum Gasteiger partial charge on any atom is 0.165 e. The molecular formula is C11H14ClFO2. The van der Waals surface area contributed by atoms with Gasteiger partial charge in [0, 0.05) is 0 Å². The average Bonchev–Trinajstić information content (AvgIpc) is 2.20. The molecule has 4 heteroatoms. The fourth-order valence-electron chi connectivity index (χ4n) is 1.24. The molecule has 1 aromatic rings. The third kappa shape index (κ3) is 3.08. The highest BCUT2D eigenvalue weighted by atomic mass is 35.5. The molecule has 2 unspecified atom stereocenters. The number of benzene rings is 1. The minimum Gasteiger partial charge on any atom is -0.491 e. The number of ether oxygens (including phenoxy) is 1. The number of alkyl halides is 1. The van der Waals surface area contributed by atoms with Crippen LogP contribution in [0.25, 0.3) is 0 Å². The molecule has 0 fully saturated rings. The van der Waals surface area contributed by atoms with Crippen LogP contribution in [-0.4, -0.2) is 17.1 Å². The SMILES string of the molecule is CCOc1ccc(C(O)C(C)Cl)cc1F. The molecule has 1 N–H and O–H groups in total. The number of halogens is 2. The Labute approximate surface area is 93.6 Å². The van der Waals surface area contributed by atoms with Crippen molar-refractivity contribution in [3.63, 3.8) is 0 Å². The number of rotatable bonds is 4. The van der Waals surface area contributed by atoms with Crippen LogP contribution < -0.4 is 4.74 Å². The third-order valence-corrected chi connectivity index (χ3v) is 2.27. The predicted molar refractivity (Wildman–Crippen MR) is 57.8 cm³/mol. The Bertz CT molecular complexity index is 328. The monoisotopic (exact) mass is 232 g/mol. The Morgan fingerprint density at radius 2 is 2.20 bits per heavy atom. The van der Waals surface area contributed by atoms with Crippen LogP contribution in [0.1, 0.15) is 25.5 Å². The van der Waals surface area contributed by atoms with Gasteiger partial charge in [-0.15, -0.1) is 11.6 Å². The molecule has 0 aromatic heterocycles. The molecule has 0 radical (unpaired) electrons. The molecule has 2 atom stereocenters. The van der Waals surface area contributed by atoms with Gasteiger partial charge in [-0.25, -0.2) is 4.39 Å². The van der Waals surface area contributed by atoms with E-state index in [9.17, 15) is 9.50 Å². The van der Waals surface area contributed by atoms with E-state index in [0.29, 0.717) is 12.2 Å². The van der Waals surface area contributed by atoms with E-state index < -0.39 is 17.3 Å². The Morgan fingerprint density at radius 3 is 2.67 bits per heavy atom. The summed E-state index contributed by atoms with van der Waals surface area (Å²) in [6, 6.07) is 4.35. The van der Waals surface area contributed by atoms with E-state index in [-0.39, 0.29) is 5.75 Å². The number of hydrogen-bond donors (Lipinski definition) is 1. The molecule has 0 spiro atoms. The van der Waals surface area contributed by atoms with Crippen LogP contribution in [-0.2, 0) is 0 Å². The second-order valence-corrected chi connectivity index (χ2v) is 3.93. The highest BCUT2D eigenvalue weighted by Crippen LogP contribution is 2.25. The zero-order valence-electron chi connectivity index (χ0n) is 8.71. The Kier molecular flexibility index (Phi) is 4.36. The Hall–Kier alpha value is -0.800. The Morgan fingerprint density at radius 1 is 1.53 bits per heavy atom. The lowest BCUT2D eigenvalue weighted by Crippen LogP contribution is -2.08. The van der Waals surface area contributed by atoms with Crippen molar-refractivity contribution in [2.24, 2.45) is 0 Å². The van der Waals surface area contributed by atoms with Gasteiger partial charge in [0.1, 0.15) is 0 Å². The summed E-state index contributed by atoms with van der Waals surface area (Å²) in [6.45, 7) is 3.84. The highest BCUT2D eigenvalue weighted by Gasteiger charge is 2.15. The lowest BCUT2D eigenvalue weighted by atomic mass is 10.1. The Balaban J connectivity index is 2.90. The maximum atomic E-state index is 13.4. The van der Waals surface area contributed by atoms with E-state index >= 15 is 0 Å². The quantitative estimate of drug-likeness (QED) is 0.809. The first kappa shape index (κ1) is 12.3. The molecule has 84 valence electrons. The summed E-state index contributed by atoms with van der Waals surface area (Å²) in [5, 5.41) is 9.15. The van der Waals surface area contributed by atoms with Gasteiger partial charge in [-0.2, -0.15) is 0 Å². The van der Waals surface area contributed by atoms with Crippen molar-refractivity contribution >= 4 is 11.6 Å². The van der Waals surface area contributed by atoms with E-state index in [1.807, 2.05) is 0 Å². The summed E-state index contributed by atoms with van der Waals surface area (Å²) in [7, 11) is 0. The molecule has 0 amide bonds. The zero-order valence-corrected chi connectivity index (χ0v) is 9.46. The molecule has 2 nitrogen and oxygen atoms in total. The summed E-state index contributed by atoms with van der Waals surface area (Å²) in [6.07, 6.45) is -0.864. The normalized spacial score (nSPS) is 14.7. The lowest BCUT2D eigenvalue weighted by molar-refractivity contribution is 0.176. The van der Waals surface area contributed by atoms with Crippen molar-refractivity contribution in [3.8, 4) is 5.75 Å². The first-order chi connectivity index (χ1) is 7.06. The average molecular weight is 233 g/mol. The lowest BCUT2D eigenvalue weighted by Gasteiger charge is -2.14. The molecule has 15 heavy (non-hydrogen) atoms. The van der Waals surface area contributed by atoms with Gasteiger partial charge in [-0.1, -0.05) is 6.07 Å². The smallest absolute Gasteiger partial charge is 0.165 e. The van der Waals surface area contributed by atoms with Crippen molar-refractivity contribution in [2.45, 2.75) is 25.3 Å². The highest BCUT2D eigenvalue weighted by molar-refractivity contribution is 6.20. The predicted octanol–water partition coefficient (Wildman–Crippen LogP) is 2.89. The molecule has 0 saturated heterocycles. The number of hydrogen-bond acceptors (Lipinski definition) is 2. The summed E-state index contributed by atoms with van der Waals surface area (Å²) < 4.78 is 18.4. The molecular weight excluding hydrogens is 219 g/mol. The van der Waals surface area contributed by atoms with Crippen LogP contribution in [0.4, 0.5) is 4.39 Å². The first-order valence-electron chi connectivity index (χ1n) is 4.80. The molecule has 0 heterocycles. The minimum atomic E-state index is -0.864. The van der Waals surface area contributed by atoms with Gasteiger partial charge >= 0.3 is 0 Å². The third-order valence-electron chi connectivity index (χ3n) is 2.03. The van der Waals surface area contributed by atoms with Crippen molar-refractivity contribution in [1.29, 1.82) is 0 Å². The van der Waals surface area contributed by atoms with Crippen molar-refractivity contribution < 1.29 is 14.2 Å². The van der Waals surface area contributed by atoms with Crippen molar-refractivity contribution in [3.05, 3.63) is 29.6 Å². The second kappa shape index (κ2) is 5.33. The first-order valence-corrected chi connectivity index (χ1v) is 5.24. The van der Waals surface area contributed by atoms with Crippen LogP contribution in [0.5, 0.6) is 5.75 Å². The maximum absolute atomic E-state index is 13.4. The van der Waals surface area contributed by atoms with E-state index in [1.165, 1.54) is 12.1 Å². The second-order valence-electron chi connectivity index (χ2n) is 3.25. The zero-order chi connectivity index (χ0) is 11.4. The molecule has 1 aromatic carbocycles. The van der Waals surface area contributed by atoms with Gasteiger partial charge in [0.15, 0.2) is 11.6 Å². The molecule has 0 aliphatic rings. The van der Waals surface area contributed by atoms with Crippen LogP contribution in [0.2, 0.25) is 0 Å². The van der Waals surface area contributed by atoms with Gasteiger partial charge < -0.3 is 9.84 Å². The summed E-state index contributed by atoms with van der Waals surface area (Å²) in [4.78, 5) is 0. The van der Waals surface area contributed by atoms with E-state index in [0.717, 1.165) is 0 Å². The van der Waals surface area contributed by atoms with Crippen LogP contribution in [0, 0.1) is 5.82 Å². The van der Waals surface area contributed by atoms with E-state index in [4.69, 9.17) is 16.3 Å². The van der Waals surface area contributed by atoms with Crippen molar-refractivity contribution in [2.75, 3.05) is 6.61 Å². The number of aliphatic hydroxyl groups excluding tert-OH is 1.